The molecule has 0 aliphatic carbocycles. The van der Waals surface area contributed by atoms with E-state index in [-0.39, 0.29) is 5.82 Å². The first-order chi connectivity index (χ1) is 12.2. The number of halogens is 1. The van der Waals surface area contributed by atoms with Crippen molar-refractivity contribution in [3.63, 3.8) is 0 Å². The molecule has 1 heterocycles. The third kappa shape index (κ3) is 4.64. The maximum absolute atomic E-state index is 13.0. The summed E-state index contributed by atoms with van der Waals surface area (Å²) in [6.45, 7) is 4.82. The molecular formula is C20H19FN4. The summed E-state index contributed by atoms with van der Waals surface area (Å²) in [6, 6.07) is 18.2. The van der Waals surface area contributed by atoms with E-state index in [4.69, 9.17) is 0 Å². The fourth-order valence-corrected chi connectivity index (χ4v) is 2.33. The Balaban J connectivity index is 1.83. The lowest BCUT2D eigenvalue weighted by Gasteiger charge is -2.11. The van der Waals surface area contributed by atoms with Crippen LogP contribution in [0, 0.1) is 5.82 Å². The second-order valence-corrected chi connectivity index (χ2v) is 5.48. The lowest BCUT2D eigenvalue weighted by Crippen LogP contribution is -2.08. The van der Waals surface area contributed by atoms with Crippen LogP contribution in [-0.2, 0) is 6.54 Å². The normalized spacial score (nSPS) is 10.3. The van der Waals surface area contributed by atoms with Crippen LogP contribution < -0.4 is 10.6 Å². The van der Waals surface area contributed by atoms with Gasteiger partial charge in [0, 0.05) is 24.7 Å². The molecule has 0 saturated heterocycles. The average Bonchev–Trinajstić information content (AvgIpc) is 2.66. The van der Waals surface area contributed by atoms with Crippen molar-refractivity contribution in [1.29, 1.82) is 0 Å². The summed E-state index contributed by atoms with van der Waals surface area (Å²) >= 11 is 0. The molecule has 1 aromatic heterocycles. The van der Waals surface area contributed by atoms with Gasteiger partial charge in [-0.2, -0.15) is 4.98 Å². The van der Waals surface area contributed by atoms with Crippen LogP contribution in [0.25, 0.3) is 11.3 Å². The molecule has 0 bridgehead atoms. The zero-order valence-corrected chi connectivity index (χ0v) is 13.7. The van der Waals surface area contributed by atoms with Crippen LogP contribution >= 0.6 is 0 Å². The van der Waals surface area contributed by atoms with Gasteiger partial charge in [0.1, 0.15) is 11.6 Å². The van der Waals surface area contributed by atoms with Crippen molar-refractivity contribution in [2.75, 3.05) is 17.2 Å². The maximum atomic E-state index is 13.0. The van der Waals surface area contributed by atoms with Gasteiger partial charge < -0.3 is 10.6 Å². The maximum Gasteiger partial charge on any atom is 0.225 e. The molecule has 4 nitrogen and oxygen atoms in total. The minimum Gasteiger partial charge on any atom is -0.366 e. The lowest BCUT2D eigenvalue weighted by atomic mass is 10.1. The van der Waals surface area contributed by atoms with Gasteiger partial charge in [-0.1, -0.05) is 48.5 Å². The molecule has 2 aromatic carbocycles. The fourth-order valence-electron chi connectivity index (χ4n) is 2.33. The Morgan fingerprint density at radius 3 is 2.44 bits per heavy atom. The number of aromatic nitrogens is 2. The molecule has 0 saturated carbocycles. The van der Waals surface area contributed by atoms with Gasteiger partial charge >= 0.3 is 0 Å². The largest absolute Gasteiger partial charge is 0.366 e. The Morgan fingerprint density at radius 2 is 1.72 bits per heavy atom. The molecule has 3 aromatic rings. The molecule has 2 N–H and O–H groups in total. The third-order valence-corrected chi connectivity index (χ3v) is 3.59. The number of hydrogen-bond acceptors (Lipinski definition) is 4. The minimum atomic E-state index is -0.243. The molecule has 0 aliphatic heterocycles. The number of nitrogens with one attached hydrogen (secondary N) is 2. The van der Waals surface area contributed by atoms with Gasteiger partial charge in [-0.15, -0.1) is 6.58 Å². The van der Waals surface area contributed by atoms with E-state index in [1.54, 1.807) is 18.2 Å². The summed E-state index contributed by atoms with van der Waals surface area (Å²) in [4.78, 5) is 9.02. The zero-order chi connectivity index (χ0) is 17.5. The van der Waals surface area contributed by atoms with Gasteiger partial charge in [-0.05, 0) is 17.7 Å². The Kier molecular flexibility index (Phi) is 5.36. The molecule has 3 rings (SSSR count). The summed E-state index contributed by atoms with van der Waals surface area (Å²) in [5.74, 6) is 0.987. The SMILES string of the molecule is C=CCNc1nc(NCc2ccc(F)cc2)cc(-c2ccccc2)n1. The second kappa shape index (κ2) is 8.06. The van der Waals surface area contributed by atoms with Crippen molar-refractivity contribution in [3.8, 4) is 11.3 Å². The van der Waals surface area contributed by atoms with E-state index >= 15 is 0 Å². The van der Waals surface area contributed by atoms with Gasteiger partial charge in [0.05, 0.1) is 5.69 Å². The number of anilines is 2. The Labute approximate surface area is 146 Å². The van der Waals surface area contributed by atoms with Gasteiger partial charge in [-0.25, -0.2) is 9.37 Å². The van der Waals surface area contributed by atoms with E-state index in [0.29, 0.717) is 24.9 Å². The monoisotopic (exact) mass is 334 g/mol. The van der Waals surface area contributed by atoms with E-state index in [1.807, 2.05) is 36.4 Å². The van der Waals surface area contributed by atoms with Crippen LogP contribution in [0.15, 0.2) is 73.3 Å². The molecule has 126 valence electrons. The van der Waals surface area contributed by atoms with Gasteiger partial charge in [0.25, 0.3) is 0 Å². The lowest BCUT2D eigenvalue weighted by molar-refractivity contribution is 0.627. The predicted molar refractivity (Wildman–Crippen MR) is 99.9 cm³/mol. The van der Waals surface area contributed by atoms with E-state index < -0.39 is 0 Å². The summed E-state index contributed by atoms with van der Waals surface area (Å²) in [6.07, 6.45) is 1.75. The molecule has 5 heteroatoms. The third-order valence-electron chi connectivity index (χ3n) is 3.59. The molecule has 0 unspecified atom stereocenters. The van der Waals surface area contributed by atoms with E-state index in [9.17, 15) is 4.39 Å². The Morgan fingerprint density at radius 1 is 0.960 bits per heavy atom. The van der Waals surface area contributed by atoms with Crippen molar-refractivity contribution < 1.29 is 4.39 Å². The van der Waals surface area contributed by atoms with Crippen molar-refractivity contribution in [2.24, 2.45) is 0 Å². The number of hydrogen-bond donors (Lipinski definition) is 2. The molecule has 0 radical (unpaired) electrons. The van der Waals surface area contributed by atoms with Crippen LogP contribution in [0.3, 0.4) is 0 Å². The van der Waals surface area contributed by atoms with E-state index in [1.165, 1.54) is 12.1 Å². The predicted octanol–water partition coefficient (Wildman–Crippen LogP) is 4.49. The molecule has 0 atom stereocenters. The van der Waals surface area contributed by atoms with Crippen molar-refractivity contribution >= 4 is 11.8 Å². The Hall–Kier alpha value is -3.21. The van der Waals surface area contributed by atoms with Crippen molar-refractivity contribution in [2.45, 2.75) is 6.54 Å². The molecule has 0 fully saturated rings. The van der Waals surface area contributed by atoms with Crippen molar-refractivity contribution in [3.05, 3.63) is 84.7 Å². The summed E-state index contributed by atoms with van der Waals surface area (Å²) in [5, 5.41) is 6.39. The van der Waals surface area contributed by atoms with Crippen LogP contribution in [0.2, 0.25) is 0 Å². The van der Waals surface area contributed by atoms with Gasteiger partial charge in [0.15, 0.2) is 0 Å². The summed E-state index contributed by atoms with van der Waals surface area (Å²) in [5.41, 5.74) is 2.81. The van der Waals surface area contributed by atoms with Crippen molar-refractivity contribution in [1.82, 2.24) is 9.97 Å². The molecule has 25 heavy (non-hydrogen) atoms. The fraction of sp³-hybridized carbons (Fsp3) is 0.100. The molecule has 0 spiro atoms. The standard InChI is InChI=1S/C20H19FN4/c1-2-12-22-20-24-18(16-6-4-3-5-7-16)13-19(25-20)23-14-15-8-10-17(21)11-9-15/h2-11,13H,1,12,14H2,(H2,22,23,24,25). The van der Waals surface area contributed by atoms with Crippen LogP contribution in [0.4, 0.5) is 16.2 Å². The van der Waals surface area contributed by atoms with E-state index in [2.05, 4.69) is 27.2 Å². The topological polar surface area (TPSA) is 49.8 Å². The van der Waals surface area contributed by atoms with E-state index in [0.717, 1.165) is 16.8 Å². The Bertz CT molecular complexity index is 832. The molecular weight excluding hydrogens is 315 g/mol. The molecule has 0 aliphatic rings. The highest BCUT2D eigenvalue weighted by Crippen LogP contribution is 2.21. The quantitative estimate of drug-likeness (QED) is 0.625. The summed E-state index contributed by atoms with van der Waals surface area (Å²) in [7, 11) is 0. The average molecular weight is 334 g/mol. The number of rotatable bonds is 7. The zero-order valence-electron chi connectivity index (χ0n) is 13.7. The first-order valence-corrected chi connectivity index (χ1v) is 8.02. The second-order valence-electron chi connectivity index (χ2n) is 5.48. The first-order valence-electron chi connectivity index (χ1n) is 8.02. The highest BCUT2D eigenvalue weighted by Gasteiger charge is 2.06. The number of nitrogens with zero attached hydrogens (tertiary/aromatic N) is 2. The smallest absolute Gasteiger partial charge is 0.225 e. The van der Waals surface area contributed by atoms with Gasteiger partial charge in [0.2, 0.25) is 5.95 Å². The molecule has 0 amide bonds. The summed E-state index contributed by atoms with van der Waals surface area (Å²) < 4.78 is 13.0. The minimum absolute atomic E-state index is 0.243. The first kappa shape index (κ1) is 16.6. The number of benzene rings is 2. The highest BCUT2D eigenvalue weighted by molar-refractivity contribution is 5.64. The van der Waals surface area contributed by atoms with Crippen LogP contribution in [-0.4, -0.2) is 16.5 Å². The van der Waals surface area contributed by atoms with Gasteiger partial charge in [-0.3, -0.25) is 0 Å². The van der Waals surface area contributed by atoms with Crippen LogP contribution in [0.5, 0.6) is 0 Å². The highest BCUT2D eigenvalue weighted by atomic mass is 19.1. The van der Waals surface area contributed by atoms with Crippen LogP contribution in [0.1, 0.15) is 5.56 Å².